The third kappa shape index (κ3) is 6.17. The van der Waals surface area contributed by atoms with E-state index >= 15 is 0 Å². The highest BCUT2D eigenvalue weighted by molar-refractivity contribution is 14.0. The first-order valence-corrected chi connectivity index (χ1v) is 7.55. The maximum Gasteiger partial charge on any atom is 0.188 e. The lowest BCUT2D eigenvalue weighted by molar-refractivity contribution is 0.576. The average molecular weight is 428 g/mol. The predicted octanol–water partition coefficient (Wildman–Crippen LogP) is 2.64. The number of nitrogens with one attached hydrogen (secondary N) is 1. The molecule has 3 N–H and O–H groups in total. The number of aryl methyl sites for hydroxylation is 1. The fourth-order valence-corrected chi connectivity index (χ4v) is 1.99. The number of nitrogens with two attached hydrogens (primary N) is 1. The van der Waals surface area contributed by atoms with Crippen molar-refractivity contribution in [1.29, 1.82) is 0 Å². The van der Waals surface area contributed by atoms with Crippen molar-refractivity contribution < 1.29 is 0 Å². The van der Waals surface area contributed by atoms with E-state index in [0.29, 0.717) is 18.4 Å². The van der Waals surface area contributed by atoms with Gasteiger partial charge in [0.2, 0.25) is 0 Å². The molecule has 2 aromatic heterocycles. The van der Waals surface area contributed by atoms with Gasteiger partial charge in [0.05, 0.1) is 6.54 Å². The highest BCUT2D eigenvalue weighted by Crippen LogP contribution is 2.08. The molecule has 0 bridgehead atoms. The van der Waals surface area contributed by atoms with Gasteiger partial charge in [-0.3, -0.25) is 4.57 Å². The lowest BCUT2D eigenvalue weighted by Crippen LogP contribution is -2.32. The van der Waals surface area contributed by atoms with Crippen molar-refractivity contribution in [3.63, 3.8) is 0 Å². The van der Waals surface area contributed by atoms with Crippen LogP contribution in [-0.4, -0.2) is 27.0 Å². The Morgan fingerprint density at radius 3 is 2.70 bits per heavy atom. The number of rotatable bonds is 6. The third-order valence-corrected chi connectivity index (χ3v) is 3.34. The maximum atomic E-state index is 5.84. The van der Waals surface area contributed by atoms with E-state index in [1.54, 1.807) is 6.20 Å². The lowest BCUT2D eigenvalue weighted by Gasteiger charge is -2.08. The SMILES string of the molecule is Cc1nccn1-c1ccc(CN=C(N)NCCC(C)C)cn1.I. The van der Waals surface area contributed by atoms with Crippen LogP contribution in [0.25, 0.3) is 5.82 Å². The molecule has 7 heteroatoms. The standard InChI is InChI=1S/C16H24N6.HI/c1-12(2)6-7-19-16(17)21-11-14-4-5-15(20-10-14)22-9-8-18-13(22)3;/h4-5,8-10,12H,6-7,11H2,1-3H3,(H3,17,19,21);1H. The minimum Gasteiger partial charge on any atom is -0.370 e. The summed E-state index contributed by atoms with van der Waals surface area (Å²) < 4.78 is 1.94. The molecule has 2 heterocycles. The summed E-state index contributed by atoms with van der Waals surface area (Å²) >= 11 is 0. The molecule has 0 amide bonds. The van der Waals surface area contributed by atoms with E-state index in [0.717, 1.165) is 30.2 Å². The highest BCUT2D eigenvalue weighted by atomic mass is 127. The van der Waals surface area contributed by atoms with Crippen LogP contribution in [0.1, 0.15) is 31.7 Å². The van der Waals surface area contributed by atoms with Gasteiger partial charge in [0.1, 0.15) is 11.6 Å². The van der Waals surface area contributed by atoms with Crippen LogP contribution in [0.2, 0.25) is 0 Å². The number of guanidine groups is 1. The Morgan fingerprint density at radius 1 is 1.35 bits per heavy atom. The van der Waals surface area contributed by atoms with E-state index in [1.165, 1.54) is 0 Å². The fraction of sp³-hybridized carbons (Fsp3) is 0.438. The van der Waals surface area contributed by atoms with Gasteiger partial charge in [0.15, 0.2) is 5.96 Å². The van der Waals surface area contributed by atoms with E-state index in [9.17, 15) is 0 Å². The van der Waals surface area contributed by atoms with Crippen molar-refractivity contribution in [3.8, 4) is 5.82 Å². The molecule has 0 aliphatic heterocycles. The first-order valence-electron chi connectivity index (χ1n) is 7.55. The van der Waals surface area contributed by atoms with Crippen LogP contribution in [0.5, 0.6) is 0 Å². The summed E-state index contributed by atoms with van der Waals surface area (Å²) in [6.07, 6.45) is 6.56. The van der Waals surface area contributed by atoms with Crippen molar-refractivity contribution in [3.05, 3.63) is 42.1 Å². The minimum absolute atomic E-state index is 0. The van der Waals surface area contributed by atoms with Crippen LogP contribution in [-0.2, 0) is 6.54 Å². The molecule has 0 spiro atoms. The summed E-state index contributed by atoms with van der Waals surface area (Å²) in [6.45, 7) is 7.69. The maximum absolute atomic E-state index is 5.84. The molecule has 0 aliphatic carbocycles. The molecule has 0 fully saturated rings. The average Bonchev–Trinajstić information content (AvgIpc) is 2.91. The normalized spacial score (nSPS) is 11.4. The number of hydrogen-bond donors (Lipinski definition) is 2. The smallest absolute Gasteiger partial charge is 0.188 e. The van der Waals surface area contributed by atoms with Gasteiger partial charge in [-0.15, -0.1) is 24.0 Å². The molecule has 6 nitrogen and oxygen atoms in total. The summed E-state index contributed by atoms with van der Waals surface area (Å²) in [5, 5.41) is 3.12. The summed E-state index contributed by atoms with van der Waals surface area (Å²) in [5.41, 5.74) is 6.86. The number of aromatic nitrogens is 3. The molecule has 126 valence electrons. The van der Waals surface area contributed by atoms with Gasteiger partial charge in [-0.05, 0) is 30.9 Å². The van der Waals surface area contributed by atoms with Crippen LogP contribution in [0, 0.1) is 12.8 Å². The first kappa shape index (κ1) is 19.4. The Morgan fingerprint density at radius 2 is 2.13 bits per heavy atom. The number of imidazole rings is 1. The fourth-order valence-electron chi connectivity index (χ4n) is 1.99. The van der Waals surface area contributed by atoms with Crippen LogP contribution in [0.3, 0.4) is 0 Å². The second kappa shape index (κ2) is 9.49. The van der Waals surface area contributed by atoms with Crippen molar-refractivity contribution in [2.75, 3.05) is 6.54 Å². The molecule has 23 heavy (non-hydrogen) atoms. The monoisotopic (exact) mass is 428 g/mol. The van der Waals surface area contributed by atoms with Crippen molar-refractivity contribution in [2.45, 2.75) is 33.7 Å². The Bertz CT molecular complexity index is 618. The summed E-state index contributed by atoms with van der Waals surface area (Å²) in [7, 11) is 0. The molecule has 0 saturated heterocycles. The minimum atomic E-state index is 0. The number of pyridine rings is 1. The van der Waals surface area contributed by atoms with Crippen molar-refractivity contribution in [1.82, 2.24) is 19.9 Å². The van der Waals surface area contributed by atoms with Gasteiger partial charge < -0.3 is 11.1 Å². The second-order valence-electron chi connectivity index (χ2n) is 5.68. The third-order valence-electron chi connectivity index (χ3n) is 3.34. The number of nitrogens with zero attached hydrogens (tertiary/aromatic N) is 4. The lowest BCUT2D eigenvalue weighted by atomic mass is 10.1. The van der Waals surface area contributed by atoms with E-state index in [4.69, 9.17) is 5.73 Å². The molecular weight excluding hydrogens is 403 g/mol. The second-order valence-corrected chi connectivity index (χ2v) is 5.68. The van der Waals surface area contributed by atoms with E-state index < -0.39 is 0 Å². The predicted molar refractivity (Wildman–Crippen MR) is 104 cm³/mol. The Labute approximate surface area is 154 Å². The zero-order chi connectivity index (χ0) is 15.9. The molecule has 0 radical (unpaired) electrons. The van der Waals surface area contributed by atoms with Crippen LogP contribution in [0.15, 0.2) is 35.7 Å². The Balaban J connectivity index is 0.00000264. The zero-order valence-electron chi connectivity index (χ0n) is 13.9. The first-order chi connectivity index (χ1) is 10.6. The molecule has 2 rings (SSSR count). The topological polar surface area (TPSA) is 81.1 Å². The van der Waals surface area contributed by atoms with Crippen LogP contribution in [0.4, 0.5) is 0 Å². The zero-order valence-corrected chi connectivity index (χ0v) is 16.2. The summed E-state index contributed by atoms with van der Waals surface area (Å²) in [4.78, 5) is 13.0. The molecule has 0 saturated carbocycles. The summed E-state index contributed by atoms with van der Waals surface area (Å²) in [5.74, 6) is 2.90. The molecule has 0 unspecified atom stereocenters. The molecule has 0 atom stereocenters. The molecule has 0 aromatic carbocycles. The van der Waals surface area contributed by atoms with Gasteiger partial charge in [0.25, 0.3) is 0 Å². The van der Waals surface area contributed by atoms with Crippen molar-refractivity contribution in [2.24, 2.45) is 16.6 Å². The van der Waals surface area contributed by atoms with Gasteiger partial charge in [-0.25, -0.2) is 15.0 Å². The van der Waals surface area contributed by atoms with Crippen LogP contribution >= 0.6 is 24.0 Å². The van der Waals surface area contributed by atoms with Gasteiger partial charge >= 0.3 is 0 Å². The molecule has 2 aromatic rings. The van der Waals surface area contributed by atoms with Crippen molar-refractivity contribution >= 4 is 29.9 Å². The highest BCUT2D eigenvalue weighted by Gasteiger charge is 2.02. The molecule has 0 aliphatic rings. The van der Waals surface area contributed by atoms with Gasteiger partial charge in [0, 0.05) is 25.1 Å². The molecular formula is C16H25IN6. The van der Waals surface area contributed by atoms with E-state index in [-0.39, 0.29) is 24.0 Å². The Kier molecular flexibility index (Phi) is 8.01. The number of halogens is 1. The summed E-state index contributed by atoms with van der Waals surface area (Å²) in [6, 6.07) is 3.97. The number of aliphatic imine (C=N–C) groups is 1. The number of hydrogen-bond acceptors (Lipinski definition) is 3. The van der Waals surface area contributed by atoms with E-state index in [2.05, 4.69) is 34.1 Å². The van der Waals surface area contributed by atoms with E-state index in [1.807, 2.05) is 36.0 Å². The quantitative estimate of drug-likeness (QED) is 0.421. The van der Waals surface area contributed by atoms with Gasteiger partial charge in [-0.2, -0.15) is 0 Å². The van der Waals surface area contributed by atoms with Gasteiger partial charge in [-0.1, -0.05) is 19.9 Å². The largest absolute Gasteiger partial charge is 0.370 e. The van der Waals surface area contributed by atoms with Crippen LogP contribution < -0.4 is 11.1 Å². The Hall–Kier alpha value is -1.64.